The highest BCUT2D eigenvalue weighted by Crippen LogP contribution is 2.48. The maximum Gasteiger partial charge on any atom is 0.494 e. The van der Waals surface area contributed by atoms with Crippen LogP contribution in [-0.4, -0.2) is 18.3 Å². The van der Waals surface area contributed by atoms with E-state index in [-0.39, 0.29) is 59.5 Å². The highest BCUT2D eigenvalue weighted by Gasteiger charge is 2.51. The molecule has 0 saturated carbocycles. The van der Waals surface area contributed by atoms with Crippen LogP contribution in [0.4, 0.5) is 0 Å². The molecule has 2 aromatic heterocycles. The fourth-order valence-electron chi connectivity index (χ4n) is 14.4. The van der Waals surface area contributed by atoms with Crippen molar-refractivity contribution < 1.29 is 31.9 Å². The van der Waals surface area contributed by atoms with Crippen LogP contribution in [0, 0.1) is 6.92 Å². The summed E-state index contributed by atoms with van der Waals surface area (Å²) in [6.07, 6.45) is 0. The Kier molecular flexibility index (Phi) is 11.9. The van der Waals surface area contributed by atoms with Gasteiger partial charge in [0.1, 0.15) is 22.3 Å². The van der Waals surface area contributed by atoms with E-state index >= 15 is 0 Å². The molecule has 18 aromatic rings. The summed E-state index contributed by atoms with van der Waals surface area (Å²) in [5, 5.41) is 16.5. The fourth-order valence-corrected chi connectivity index (χ4v) is 14.4. The summed E-state index contributed by atoms with van der Waals surface area (Å²) in [6.45, 7) is 10.3. The van der Waals surface area contributed by atoms with E-state index in [9.17, 15) is 0 Å². The number of aryl methyl sites for hydroxylation is 1. The van der Waals surface area contributed by atoms with Crippen LogP contribution in [0.2, 0.25) is 0 Å². The minimum atomic E-state index is -0.507. The summed E-state index contributed by atoms with van der Waals surface area (Å²) in [7, 11) is -0.507. The molecule has 0 aliphatic carbocycles. The number of benzene rings is 16. The molecule has 458 valence electrons. The lowest BCUT2D eigenvalue weighted by Gasteiger charge is -2.32. The van der Waals surface area contributed by atoms with E-state index in [1.165, 1.54) is 27.1 Å². The molecule has 1 fully saturated rings. The first-order valence-electron chi connectivity index (χ1n) is 37.4. The second-order valence-electron chi connectivity index (χ2n) is 25.6. The van der Waals surface area contributed by atoms with Gasteiger partial charge in [-0.1, -0.05) is 285 Å². The van der Waals surface area contributed by atoms with Gasteiger partial charge in [0, 0.05) is 21.5 Å². The maximum atomic E-state index is 8.84. The van der Waals surface area contributed by atoms with Crippen molar-refractivity contribution >= 4 is 121 Å². The maximum absolute atomic E-state index is 8.84. The molecule has 4 nitrogen and oxygen atoms in total. The molecule has 0 atom stereocenters. The third kappa shape index (κ3) is 9.93. The van der Waals surface area contributed by atoms with Gasteiger partial charge in [-0.25, -0.2) is 0 Å². The topological polar surface area (TPSA) is 44.7 Å². The molecule has 1 aliphatic heterocycles. The SMILES string of the molecule is Cc1cccc2oc3ccc4ccccc4c3c12.[2H]c1c([2H])c([2H])c(-c2c3ccccc3c(-c3cccc(-c4cccc5oc6ccc7ccccc7c6c45)c3)c3ccccc23)c([2H])c1[2H].[2H]c1c([2H])c([2H])c(-c2c3ccccc3c(-c3cccc(B4OC(C)(C)C(C)(C)O4)c3)c3ccccc23)c([2H])c1[2H]. The van der Waals surface area contributed by atoms with Crippen LogP contribution < -0.4 is 5.46 Å². The van der Waals surface area contributed by atoms with Gasteiger partial charge in [0.25, 0.3) is 0 Å². The van der Waals surface area contributed by atoms with Crippen molar-refractivity contribution in [3.05, 3.63) is 321 Å². The number of furan rings is 2. The van der Waals surface area contributed by atoms with Crippen LogP contribution in [0.3, 0.4) is 0 Å². The van der Waals surface area contributed by atoms with Crippen molar-refractivity contribution in [2.75, 3.05) is 0 Å². The molecular formula is C91H67BO4. The van der Waals surface area contributed by atoms with E-state index in [1.807, 2.05) is 155 Å². The first-order valence-corrected chi connectivity index (χ1v) is 32.4. The molecule has 0 spiro atoms. The van der Waals surface area contributed by atoms with Crippen molar-refractivity contribution in [3.63, 3.8) is 0 Å². The molecule has 0 radical (unpaired) electrons. The van der Waals surface area contributed by atoms with Gasteiger partial charge in [-0.2, -0.15) is 0 Å². The average Bonchev–Trinajstić information content (AvgIpc) is 1.03. The zero-order chi connectivity index (χ0) is 73.4. The quantitative estimate of drug-likeness (QED) is 0.123. The molecule has 16 aromatic carbocycles. The van der Waals surface area contributed by atoms with Crippen molar-refractivity contribution in [2.24, 2.45) is 0 Å². The second-order valence-corrected chi connectivity index (χ2v) is 25.6. The van der Waals surface area contributed by atoms with E-state index in [4.69, 9.17) is 31.9 Å². The van der Waals surface area contributed by atoms with Gasteiger partial charge in [0.15, 0.2) is 0 Å². The van der Waals surface area contributed by atoms with E-state index in [0.717, 1.165) is 126 Å². The smallest absolute Gasteiger partial charge is 0.456 e. The Morgan fingerprint density at radius 3 is 1.11 bits per heavy atom. The van der Waals surface area contributed by atoms with Crippen LogP contribution in [0.25, 0.3) is 164 Å². The summed E-state index contributed by atoms with van der Waals surface area (Å²) in [5.41, 5.74) is 12.7. The van der Waals surface area contributed by atoms with Gasteiger partial charge in [-0.05, 0) is 196 Å². The largest absolute Gasteiger partial charge is 0.494 e. The van der Waals surface area contributed by atoms with Crippen LogP contribution in [0.15, 0.2) is 324 Å². The third-order valence-corrected chi connectivity index (χ3v) is 19.5. The number of hydrogen-bond acceptors (Lipinski definition) is 4. The summed E-state index contributed by atoms with van der Waals surface area (Å²) >= 11 is 0. The molecule has 5 heteroatoms. The standard InChI is InChI=1S/C42H26O.C32H29BO2.C17H12O/c1-2-13-28(14-3-1)39-33-18-6-8-20-35(33)40(36-21-9-7-19-34(36)39)30-16-10-15-29(26-30)32-22-11-23-37-42(32)41-31-17-5-4-12-27(31)24-25-38(41)43-37;1-31(2)32(3,4)35-33(34-31)24-16-12-15-23(21-24)30-27-19-10-8-17-25(27)29(22-13-6-5-7-14-22)26-18-9-11-20-28(26)30;1-11-5-4-8-14-16(11)17-13-7-3-2-6-12(13)9-10-15(17)18-14/h1-26H;5-21H,1-4H3;2-10H,1H3/i1D,2D,3D,13D,14D;5D,6D,7D,13D,14D;. The Balaban J connectivity index is 0.000000128. The van der Waals surface area contributed by atoms with E-state index < -0.39 is 30.4 Å². The van der Waals surface area contributed by atoms with Gasteiger partial charge in [0.2, 0.25) is 0 Å². The van der Waals surface area contributed by atoms with Gasteiger partial charge in [-0.3, -0.25) is 0 Å². The predicted octanol–water partition coefficient (Wildman–Crippen LogP) is 24.7. The monoisotopic (exact) mass is 1240 g/mol. The fraction of sp³-hybridized carbons (Fsp3) is 0.0769. The molecular weight excluding hydrogens is 1170 g/mol. The molecule has 19 rings (SSSR count). The molecule has 0 unspecified atom stereocenters. The third-order valence-electron chi connectivity index (χ3n) is 19.5. The van der Waals surface area contributed by atoms with Gasteiger partial charge in [-0.15, -0.1) is 0 Å². The number of hydrogen-bond donors (Lipinski definition) is 0. The first-order chi connectivity index (χ1) is 51.2. The Morgan fingerprint density at radius 2 is 0.646 bits per heavy atom. The van der Waals surface area contributed by atoms with Crippen LogP contribution in [-0.2, 0) is 9.31 Å². The molecule has 0 bridgehead atoms. The lowest BCUT2D eigenvalue weighted by atomic mass is 9.77. The van der Waals surface area contributed by atoms with Crippen molar-refractivity contribution in [2.45, 2.75) is 45.8 Å². The predicted molar refractivity (Wildman–Crippen MR) is 407 cm³/mol. The Hall–Kier alpha value is -11.3. The zero-order valence-corrected chi connectivity index (χ0v) is 53.5. The van der Waals surface area contributed by atoms with Crippen molar-refractivity contribution in [3.8, 4) is 55.6 Å². The Morgan fingerprint density at radius 1 is 0.292 bits per heavy atom. The average molecular weight is 1250 g/mol. The van der Waals surface area contributed by atoms with Crippen LogP contribution in [0.1, 0.15) is 47.0 Å². The lowest BCUT2D eigenvalue weighted by Crippen LogP contribution is -2.41. The number of fused-ring (bicyclic) bond motifs is 14. The van der Waals surface area contributed by atoms with Crippen molar-refractivity contribution in [1.82, 2.24) is 0 Å². The minimum Gasteiger partial charge on any atom is -0.456 e. The first kappa shape index (κ1) is 48.4. The molecule has 1 saturated heterocycles. The molecule has 96 heavy (non-hydrogen) atoms. The summed E-state index contributed by atoms with van der Waals surface area (Å²) in [6, 6.07) is 83.0. The van der Waals surface area contributed by atoms with Crippen LogP contribution >= 0.6 is 0 Å². The zero-order valence-electron chi connectivity index (χ0n) is 63.5. The molecule has 0 amide bonds. The minimum absolute atomic E-state index is 0.205. The summed E-state index contributed by atoms with van der Waals surface area (Å²) in [5.74, 6) is 0. The lowest BCUT2D eigenvalue weighted by molar-refractivity contribution is 0.00578. The van der Waals surface area contributed by atoms with Gasteiger partial charge < -0.3 is 18.1 Å². The highest BCUT2D eigenvalue weighted by atomic mass is 16.7. The molecule has 0 N–H and O–H groups in total. The summed E-state index contributed by atoms with van der Waals surface area (Å²) in [4.78, 5) is 0. The Bertz CT molecular complexity index is 6530. The van der Waals surface area contributed by atoms with Gasteiger partial charge in [0.05, 0.1) is 24.9 Å². The second kappa shape index (κ2) is 23.6. The molecule has 3 heterocycles. The van der Waals surface area contributed by atoms with Crippen molar-refractivity contribution in [1.29, 1.82) is 0 Å². The van der Waals surface area contributed by atoms with E-state index in [0.29, 0.717) is 11.1 Å². The highest BCUT2D eigenvalue weighted by molar-refractivity contribution is 6.62. The normalized spacial score (nSPS) is 15.0. The molecule has 1 aliphatic rings. The van der Waals surface area contributed by atoms with Crippen LogP contribution in [0.5, 0.6) is 0 Å². The number of rotatable bonds is 6. The summed E-state index contributed by atoms with van der Waals surface area (Å²) < 4.78 is 110. The Labute approximate surface area is 572 Å². The van der Waals surface area contributed by atoms with E-state index in [2.05, 4.69) is 134 Å². The van der Waals surface area contributed by atoms with Gasteiger partial charge >= 0.3 is 7.12 Å². The van der Waals surface area contributed by atoms with E-state index in [1.54, 1.807) is 0 Å².